The smallest absolute Gasteiger partial charge is 0.339 e. The maximum Gasteiger partial charge on any atom is 0.344 e. The zero-order valence-electron chi connectivity index (χ0n) is 17.6. The number of amides is 4. The van der Waals surface area contributed by atoms with Crippen LogP contribution in [0.2, 0.25) is 0 Å². The summed E-state index contributed by atoms with van der Waals surface area (Å²) in [5.74, 6) is -0.0489. The van der Waals surface area contributed by atoms with Gasteiger partial charge in [0.15, 0.2) is 0 Å². The molecule has 0 bridgehead atoms. The van der Waals surface area contributed by atoms with Gasteiger partial charge in [-0.15, -0.1) is 0 Å². The number of hydrogen-bond donors (Lipinski definition) is 2. The average molecular weight is 433 g/mol. The maximum atomic E-state index is 13.0. The number of nitrogens with zero attached hydrogens (tertiary/aromatic N) is 3. The Morgan fingerprint density at radius 2 is 1.78 bits per heavy atom. The number of nitrogens with one attached hydrogen (secondary N) is 2. The standard InChI is InChI=1S/C23H23N5O4/c1-2-23(17-12-7-4-8-13-17)21(30)28(22(31)25-23)26-18(29)14-9-15-19-24-20(27-32-19)16-10-5-3-6-11-16/h3-8,10-13H,2,9,14-15H2,1H3,(H,25,31)(H,26,29). The molecule has 1 fully saturated rings. The summed E-state index contributed by atoms with van der Waals surface area (Å²) < 4.78 is 5.24. The molecule has 32 heavy (non-hydrogen) atoms. The highest BCUT2D eigenvalue weighted by molar-refractivity contribution is 6.08. The number of carbonyl (C=O) groups is 3. The number of urea groups is 1. The summed E-state index contributed by atoms with van der Waals surface area (Å²) in [7, 11) is 0. The lowest BCUT2D eigenvalue weighted by molar-refractivity contribution is -0.139. The van der Waals surface area contributed by atoms with Crippen molar-refractivity contribution >= 4 is 17.8 Å². The first-order valence-corrected chi connectivity index (χ1v) is 10.4. The third kappa shape index (κ3) is 4.09. The molecular formula is C23H23N5O4. The van der Waals surface area contributed by atoms with Gasteiger partial charge in [0.25, 0.3) is 5.91 Å². The van der Waals surface area contributed by atoms with E-state index in [1.165, 1.54) is 0 Å². The largest absolute Gasteiger partial charge is 0.344 e. The van der Waals surface area contributed by atoms with Crippen LogP contribution < -0.4 is 10.7 Å². The van der Waals surface area contributed by atoms with Gasteiger partial charge in [-0.05, 0) is 18.4 Å². The molecule has 164 valence electrons. The maximum absolute atomic E-state index is 13.0. The van der Waals surface area contributed by atoms with E-state index in [0.29, 0.717) is 36.5 Å². The van der Waals surface area contributed by atoms with Gasteiger partial charge >= 0.3 is 6.03 Å². The molecule has 1 atom stereocenters. The van der Waals surface area contributed by atoms with Crippen LogP contribution in [-0.4, -0.2) is 33.0 Å². The van der Waals surface area contributed by atoms with Crippen LogP contribution in [0, 0.1) is 0 Å². The molecule has 1 aliphatic heterocycles. The molecule has 0 radical (unpaired) electrons. The molecule has 9 heteroatoms. The Balaban J connectivity index is 1.33. The van der Waals surface area contributed by atoms with Gasteiger partial charge in [-0.25, -0.2) is 4.79 Å². The lowest BCUT2D eigenvalue weighted by atomic mass is 9.87. The molecule has 9 nitrogen and oxygen atoms in total. The van der Waals surface area contributed by atoms with Crippen molar-refractivity contribution in [1.29, 1.82) is 0 Å². The lowest BCUT2D eigenvalue weighted by Crippen LogP contribution is -2.48. The summed E-state index contributed by atoms with van der Waals surface area (Å²) in [4.78, 5) is 42.2. The molecule has 4 rings (SSSR count). The Labute approximate surface area is 184 Å². The molecule has 2 aromatic carbocycles. The Kier molecular flexibility index (Phi) is 5.98. The minimum atomic E-state index is -1.19. The van der Waals surface area contributed by atoms with E-state index >= 15 is 0 Å². The quantitative estimate of drug-likeness (QED) is 0.528. The van der Waals surface area contributed by atoms with Crippen molar-refractivity contribution in [3.63, 3.8) is 0 Å². The highest BCUT2D eigenvalue weighted by atomic mass is 16.5. The summed E-state index contributed by atoms with van der Waals surface area (Å²) in [6, 6.07) is 17.8. The van der Waals surface area contributed by atoms with Crippen molar-refractivity contribution in [1.82, 2.24) is 25.9 Å². The van der Waals surface area contributed by atoms with Gasteiger partial charge in [-0.2, -0.15) is 9.99 Å². The Morgan fingerprint density at radius 1 is 1.09 bits per heavy atom. The van der Waals surface area contributed by atoms with Crippen LogP contribution in [0.4, 0.5) is 4.79 Å². The van der Waals surface area contributed by atoms with E-state index in [9.17, 15) is 14.4 Å². The fraction of sp³-hybridized carbons (Fsp3) is 0.261. The number of rotatable bonds is 8. The first-order chi connectivity index (χ1) is 15.5. The fourth-order valence-corrected chi connectivity index (χ4v) is 3.68. The zero-order chi connectivity index (χ0) is 22.6. The van der Waals surface area contributed by atoms with Gasteiger partial charge in [0.2, 0.25) is 17.6 Å². The second-order valence-corrected chi connectivity index (χ2v) is 7.46. The van der Waals surface area contributed by atoms with Crippen molar-refractivity contribution in [3.05, 3.63) is 72.1 Å². The number of aryl methyl sites for hydroxylation is 1. The number of carbonyl (C=O) groups excluding carboxylic acids is 3. The first kappa shape index (κ1) is 21.2. The minimum absolute atomic E-state index is 0.0879. The SMILES string of the molecule is CCC1(c2ccccc2)NC(=O)N(NC(=O)CCCc2nc(-c3ccccc3)no2)C1=O. The molecule has 1 aliphatic rings. The van der Waals surface area contributed by atoms with Crippen molar-refractivity contribution in [2.75, 3.05) is 0 Å². The van der Waals surface area contributed by atoms with Crippen molar-refractivity contribution in [3.8, 4) is 11.4 Å². The molecule has 0 aliphatic carbocycles. The van der Waals surface area contributed by atoms with Gasteiger partial charge in [-0.1, -0.05) is 72.7 Å². The monoisotopic (exact) mass is 433 g/mol. The minimum Gasteiger partial charge on any atom is -0.339 e. The molecule has 3 aromatic rings. The van der Waals surface area contributed by atoms with Crippen molar-refractivity contribution in [2.24, 2.45) is 0 Å². The molecule has 1 aromatic heterocycles. The number of hydrazine groups is 1. The number of imide groups is 1. The van der Waals surface area contributed by atoms with Gasteiger partial charge in [-0.3, -0.25) is 15.0 Å². The van der Waals surface area contributed by atoms with Crippen LogP contribution in [0.25, 0.3) is 11.4 Å². The predicted octanol–water partition coefficient (Wildman–Crippen LogP) is 2.95. The Morgan fingerprint density at radius 3 is 2.47 bits per heavy atom. The normalized spacial score (nSPS) is 18.0. The van der Waals surface area contributed by atoms with Crippen molar-refractivity contribution in [2.45, 2.75) is 38.1 Å². The predicted molar refractivity (Wildman–Crippen MR) is 115 cm³/mol. The Bertz CT molecular complexity index is 1120. The third-order valence-electron chi connectivity index (χ3n) is 5.42. The van der Waals surface area contributed by atoms with Crippen LogP contribution in [0.3, 0.4) is 0 Å². The fourth-order valence-electron chi connectivity index (χ4n) is 3.68. The van der Waals surface area contributed by atoms with Crippen LogP contribution in [0.5, 0.6) is 0 Å². The van der Waals surface area contributed by atoms with Gasteiger partial charge in [0.05, 0.1) is 0 Å². The van der Waals surface area contributed by atoms with E-state index in [1.54, 1.807) is 24.3 Å². The molecule has 2 heterocycles. The molecule has 0 saturated carbocycles. The second-order valence-electron chi connectivity index (χ2n) is 7.46. The molecule has 1 unspecified atom stereocenters. The van der Waals surface area contributed by atoms with E-state index in [2.05, 4.69) is 20.9 Å². The van der Waals surface area contributed by atoms with E-state index in [-0.39, 0.29) is 6.42 Å². The van der Waals surface area contributed by atoms with Crippen LogP contribution in [-0.2, 0) is 21.5 Å². The van der Waals surface area contributed by atoms with Crippen LogP contribution in [0.15, 0.2) is 65.2 Å². The molecule has 0 spiro atoms. The van der Waals surface area contributed by atoms with Crippen LogP contribution >= 0.6 is 0 Å². The summed E-state index contributed by atoms with van der Waals surface area (Å²) in [5.41, 5.74) is 2.74. The summed E-state index contributed by atoms with van der Waals surface area (Å²) in [6.45, 7) is 1.81. The summed E-state index contributed by atoms with van der Waals surface area (Å²) in [6.07, 6.45) is 1.26. The lowest BCUT2D eigenvalue weighted by Gasteiger charge is -2.25. The average Bonchev–Trinajstić information content (AvgIpc) is 3.39. The second kappa shape index (κ2) is 9.01. The van der Waals surface area contributed by atoms with E-state index < -0.39 is 23.4 Å². The van der Waals surface area contributed by atoms with Gasteiger partial charge < -0.3 is 9.84 Å². The topological polar surface area (TPSA) is 117 Å². The van der Waals surface area contributed by atoms with E-state index in [4.69, 9.17) is 4.52 Å². The molecular weight excluding hydrogens is 410 g/mol. The van der Waals surface area contributed by atoms with Gasteiger partial charge in [0, 0.05) is 18.4 Å². The number of benzene rings is 2. The molecule has 2 N–H and O–H groups in total. The zero-order valence-corrected chi connectivity index (χ0v) is 17.6. The molecule has 4 amide bonds. The summed E-state index contributed by atoms with van der Waals surface area (Å²) >= 11 is 0. The molecule has 1 saturated heterocycles. The number of hydrogen-bond acceptors (Lipinski definition) is 6. The van der Waals surface area contributed by atoms with E-state index in [0.717, 1.165) is 10.6 Å². The highest BCUT2D eigenvalue weighted by Crippen LogP contribution is 2.31. The highest BCUT2D eigenvalue weighted by Gasteiger charge is 2.52. The first-order valence-electron chi connectivity index (χ1n) is 10.4. The Hall–Kier alpha value is -4.01. The summed E-state index contributed by atoms with van der Waals surface area (Å²) in [5, 5.41) is 7.44. The van der Waals surface area contributed by atoms with E-state index in [1.807, 2.05) is 43.3 Å². The van der Waals surface area contributed by atoms with Crippen LogP contribution in [0.1, 0.15) is 37.6 Å². The van der Waals surface area contributed by atoms with Crippen molar-refractivity contribution < 1.29 is 18.9 Å². The third-order valence-corrected chi connectivity index (χ3v) is 5.42. The van der Waals surface area contributed by atoms with Gasteiger partial charge in [0.1, 0.15) is 5.54 Å². The number of aromatic nitrogens is 2.